The maximum absolute atomic E-state index is 12.2. The first-order valence-corrected chi connectivity index (χ1v) is 9.96. The first-order valence-electron chi connectivity index (χ1n) is 9.96. The largest absolute Gasteiger partial charge is 0.481 e. The van der Waals surface area contributed by atoms with E-state index in [4.69, 9.17) is 16.0 Å². The molecule has 0 aromatic heterocycles. The average Bonchev–Trinajstić information content (AvgIpc) is 2.83. The monoisotopic (exact) mass is 452 g/mol. The molecule has 0 saturated heterocycles. The molecule has 0 spiro atoms. The second-order valence-corrected chi connectivity index (χ2v) is 6.93. The maximum atomic E-state index is 12.2. The normalized spacial score (nSPS) is 10.8. The Labute approximate surface area is 190 Å². The molecule has 7 N–H and O–H groups in total. The Hall–Kier alpha value is -4.20. The zero-order chi connectivity index (χ0) is 24.2. The first-order chi connectivity index (χ1) is 15.8. The Morgan fingerprint density at radius 3 is 2.00 bits per heavy atom. The molecule has 0 aliphatic heterocycles. The fraction of sp³-hybridized carbons (Fsp3) is 0.217. The molecule has 0 unspecified atom stereocenters. The Balaban J connectivity index is 1.92. The third kappa shape index (κ3) is 8.45. The Kier molecular flexibility index (Phi) is 9.57. The molecule has 0 aliphatic rings. The molecule has 10 nitrogen and oxygen atoms in total. The van der Waals surface area contributed by atoms with Crippen LogP contribution in [0.25, 0.3) is 0 Å². The second-order valence-electron chi connectivity index (χ2n) is 6.93. The molecule has 0 bridgehead atoms. The SMILES string of the molecule is NC[C@H](NC(=O)c1ccc(C#Cc2ccc(CNC(=O)CCC(=O)O)cc2)cc1)C(=O)NO. The summed E-state index contributed by atoms with van der Waals surface area (Å²) in [6.45, 7) is 0.123. The average molecular weight is 452 g/mol. The molecule has 3 amide bonds. The van der Waals surface area contributed by atoms with Crippen LogP contribution >= 0.6 is 0 Å². The third-order valence-corrected chi connectivity index (χ3v) is 4.48. The van der Waals surface area contributed by atoms with E-state index in [0.717, 1.165) is 11.1 Å². The van der Waals surface area contributed by atoms with Crippen molar-refractivity contribution in [2.45, 2.75) is 25.4 Å². The highest BCUT2D eigenvalue weighted by molar-refractivity contribution is 5.97. The highest BCUT2D eigenvalue weighted by Crippen LogP contribution is 2.06. The number of hydrogen-bond donors (Lipinski definition) is 6. The molecule has 0 radical (unpaired) electrons. The van der Waals surface area contributed by atoms with Crippen LogP contribution in [0.2, 0.25) is 0 Å². The van der Waals surface area contributed by atoms with Crippen LogP contribution < -0.4 is 21.8 Å². The van der Waals surface area contributed by atoms with Gasteiger partial charge >= 0.3 is 5.97 Å². The van der Waals surface area contributed by atoms with Crippen molar-refractivity contribution in [3.05, 3.63) is 70.8 Å². The van der Waals surface area contributed by atoms with Crippen LogP contribution in [-0.2, 0) is 20.9 Å². The molecule has 2 aromatic carbocycles. The van der Waals surface area contributed by atoms with Gasteiger partial charge in [-0.3, -0.25) is 24.4 Å². The minimum absolute atomic E-state index is 0.0645. The van der Waals surface area contributed by atoms with Crippen LogP contribution in [0.1, 0.15) is 39.9 Å². The predicted octanol–water partition coefficient (Wildman–Crippen LogP) is 0.130. The van der Waals surface area contributed by atoms with Crippen molar-refractivity contribution in [1.29, 1.82) is 0 Å². The summed E-state index contributed by atoms with van der Waals surface area (Å²) >= 11 is 0. The Morgan fingerprint density at radius 1 is 0.909 bits per heavy atom. The van der Waals surface area contributed by atoms with Gasteiger partial charge in [0.25, 0.3) is 11.8 Å². The van der Waals surface area contributed by atoms with Crippen molar-refractivity contribution in [2.24, 2.45) is 5.73 Å². The van der Waals surface area contributed by atoms with Gasteiger partial charge in [-0.2, -0.15) is 0 Å². The van der Waals surface area contributed by atoms with Crippen molar-refractivity contribution < 1.29 is 29.5 Å². The lowest BCUT2D eigenvalue weighted by atomic mass is 10.1. The number of amides is 3. The molecule has 33 heavy (non-hydrogen) atoms. The first kappa shape index (κ1) is 25.1. The number of benzene rings is 2. The van der Waals surface area contributed by atoms with E-state index < -0.39 is 23.8 Å². The Bertz CT molecular complexity index is 1060. The highest BCUT2D eigenvalue weighted by atomic mass is 16.5. The lowest BCUT2D eigenvalue weighted by Crippen LogP contribution is -2.50. The van der Waals surface area contributed by atoms with Gasteiger partial charge in [-0.25, -0.2) is 5.48 Å². The predicted molar refractivity (Wildman–Crippen MR) is 118 cm³/mol. The number of nitrogens with two attached hydrogens (primary N) is 1. The van der Waals surface area contributed by atoms with Crippen LogP contribution in [-0.4, -0.2) is 46.6 Å². The van der Waals surface area contributed by atoms with Gasteiger partial charge < -0.3 is 21.5 Å². The van der Waals surface area contributed by atoms with Gasteiger partial charge in [-0.1, -0.05) is 24.0 Å². The lowest BCUT2D eigenvalue weighted by Gasteiger charge is -2.14. The number of aliphatic carboxylic acids is 1. The van der Waals surface area contributed by atoms with Gasteiger partial charge in [0.05, 0.1) is 6.42 Å². The molecule has 10 heteroatoms. The molecule has 2 aromatic rings. The molecule has 0 aliphatic carbocycles. The summed E-state index contributed by atoms with van der Waals surface area (Å²) in [5.74, 6) is 3.32. The van der Waals surface area contributed by atoms with Crippen LogP contribution in [0.5, 0.6) is 0 Å². The quantitative estimate of drug-likeness (QED) is 0.178. The smallest absolute Gasteiger partial charge is 0.303 e. The maximum Gasteiger partial charge on any atom is 0.303 e. The van der Waals surface area contributed by atoms with Crippen LogP contribution in [0.3, 0.4) is 0 Å². The van der Waals surface area contributed by atoms with Gasteiger partial charge in [0, 0.05) is 36.2 Å². The number of nitrogens with one attached hydrogen (secondary N) is 3. The van der Waals surface area contributed by atoms with E-state index in [0.29, 0.717) is 17.7 Å². The molecular weight excluding hydrogens is 428 g/mol. The molecule has 0 fully saturated rings. The van der Waals surface area contributed by atoms with E-state index in [-0.39, 0.29) is 25.3 Å². The van der Waals surface area contributed by atoms with Crippen LogP contribution in [0.4, 0.5) is 0 Å². The Morgan fingerprint density at radius 2 is 1.48 bits per heavy atom. The van der Waals surface area contributed by atoms with Crippen LogP contribution in [0.15, 0.2) is 48.5 Å². The zero-order valence-corrected chi connectivity index (χ0v) is 17.6. The van der Waals surface area contributed by atoms with Gasteiger partial charge in [-0.05, 0) is 42.0 Å². The van der Waals surface area contributed by atoms with E-state index >= 15 is 0 Å². The lowest BCUT2D eigenvalue weighted by molar-refractivity contribution is -0.138. The number of carbonyl (C=O) groups is 4. The number of carboxylic acid groups (broad SMARTS) is 1. The number of hydrogen-bond acceptors (Lipinski definition) is 6. The third-order valence-electron chi connectivity index (χ3n) is 4.48. The summed E-state index contributed by atoms with van der Waals surface area (Å²) in [6, 6.07) is 12.6. The van der Waals surface area contributed by atoms with Crippen molar-refractivity contribution in [1.82, 2.24) is 16.1 Å². The fourth-order valence-corrected chi connectivity index (χ4v) is 2.62. The summed E-state index contributed by atoms with van der Waals surface area (Å²) in [5.41, 5.74) is 9.44. The van der Waals surface area contributed by atoms with E-state index in [9.17, 15) is 19.2 Å². The molecule has 0 saturated carbocycles. The molecule has 2 rings (SSSR count). The minimum Gasteiger partial charge on any atom is -0.481 e. The number of carbonyl (C=O) groups excluding carboxylic acids is 3. The van der Waals surface area contributed by atoms with Crippen molar-refractivity contribution in [2.75, 3.05) is 6.54 Å². The molecular formula is C23H24N4O6. The van der Waals surface area contributed by atoms with Gasteiger partial charge in [0.2, 0.25) is 5.91 Å². The van der Waals surface area contributed by atoms with Crippen molar-refractivity contribution in [3.63, 3.8) is 0 Å². The summed E-state index contributed by atoms with van der Waals surface area (Å²) < 4.78 is 0. The van der Waals surface area contributed by atoms with Crippen molar-refractivity contribution in [3.8, 4) is 11.8 Å². The number of rotatable bonds is 9. The second kappa shape index (κ2) is 12.6. The van der Waals surface area contributed by atoms with Crippen LogP contribution in [0, 0.1) is 11.8 Å². The van der Waals surface area contributed by atoms with Gasteiger partial charge in [0.1, 0.15) is 6.04 Å². The highest BCUT2D eigenvalue weighted by Gasteiger charge is 2.19. The molecule has 1 atom stereocenters. The van der Waals surface area contributed by atoms with Gasteiger partial charge in [-0.15, -0.1) is 0 Å². The van der Waals surface area contributed by atoms with E-state index in [1.807, 2.05) is 12.1 Å². The van der Waals surface area contributed by atoms with Gasteiger partial charge in [0.15, 0.2) is 0 Å². The summed E-state index contributed by atoms with van der Waals surface area (Å²) in [6.07, 6.45) is -0.272. The number of hydroxylamine groups is 1. The van der Waals surface area contributed by atoms with Crippen molar-refractivity contribution >= 4 is 23.7 Å². The topological polar surface area (TPSA) is 171 Å². The summed E-state index contributed by atoms with van der Waals surface area (Å²) in [4.78, 5) is 45.7. The zero-order valence-electron chi connectivity index (χ0n) is 17.6. The van der Waals surface area contributed by atoms with E-state index in [1.54, 1.807) is 36.4 Å². The standard InChI is InChI=1S/C23H24N4O6/c24-13-19(23(32)27-33)26-22(31)18-9-7-16(8-10-18)2-1-15-3-5-17(6-4-15)14-25-20(28)11-12-21(29)30/h3-10,19,33H,11-14,24H2,(H,25,28)(H,26,31)(H,27,32)(H,29,30)/t19-/m0/s1. The molecule has 172 valence electrons. The number of carboxylic acids is 1. The summed E-state index contributed by atoms with van der Waals surface area (Å²) in [5, 5.41) is 22.3. The van der Waals surface area contributed by atoms with E-state index in [1.165, 1.54) is 5.48 Å². The molecule has 0 heterocycles. The van der Waals surface area contributed by atoms with E-state index in [2.05, 4.69) is 22.5 Å². The fourth-order valence-electron chi connectivity index (χ4n) is 2.62. The minimum atomic E-state index is -1.05. The summed E-state index contributed by atoms with van der Waals surface area (Å²) in [7, 11) is 0.